The molecule has 2 aromatic heterocycles. The molecule has 76 valence electrons. The van der Waals surface area contributed by atoms with Gasteiger partial charge in [0, 0.05) is 18.3 Å². The summed E-state index contributed by atoms with van der Waals surface area (Å²) in [7, 11) is 1.56. The van der Waals surface area contributed by atoms with Crippen molar-refractivity contribution in [2.45, 2.75) is 0 Å². The van der Waals surface area contributed by atoms with E-state index in [0.717, 1.165) is 0 Å². The monoisotopic (exact) mass is 203 g/mol. The summed E-state index contributed by atoms with van der Waals surface area (Å²) < 4.78 is 10.3. The van der Waals surface area contributed by atoms with Crippen molar-refractivity contribution in [3.63, 3.8) is 0 Å². The molecule has 0 radical (unpaired) electrons. The van der Waals surface area contributed by atoms with Crippen molar-refractivity contribution >= 4 is 0 Å². The molecule has 2 aromatic rings. The van der Waals surface area contributed by atoms with Crippen LogP contribution >= 0.6 is 0 Å². The Balaban J connectivity index is 2.17. The lowest BCUT2D eigenvalue weighted by atomic mass is 10.5. The van der Waals surface area contributed by atoms with Crippen molar-refractivity contribution in [2.75, 3.05) is 7.11 Å². The van der Waals surface area contributed by atoms with Crippen LogP contribution in [0.25, 0.3) is 0 Å². The minimum absolute atomic E-state index is 0.355. The highest BCUT2D eigenvalue weighted by atomic mass is 16.5. The minimum atomic E-state index is 0.355. The molecule has 5 nitrogen and oxygen atoms in total. The average Bonchev–Trinajstić information content (AvgIpc) is 2.31. The molecule has 0 saturated carbocycles. The molecule has 0 atom stereocenters. The Hall–Kier alpha value is -2.17. The quantitative estimate of drug-likeness (QED) is 0.759. The lowest BCUT2D eigenvalue weighted by molar-refractivity contribution is 0.396. The van der Waals surface area contributed by atoms with Crippen LogP contribution in [0, 0.1) is 0 Å². The fraction of sp³-hybridized carbons (Fsp3) is 0.100. The van der Waals surface area contributed by atoms with Crippen LogP contribution in [0.5, 0.6) is 17.5 Å². The van der Waals surface area contributed by atoms with Gasteiger partial charge in [-0.2, -0.15) is 5.10 Å². The van der Waals surface area contributed by atoms with E-state index in [2.05, 4.69) is 15.2 Å². The fourth-order valence-corrected chi connectivity index (χ4v) is 1.01. The molecule has 0 aliphatic carbocycles. The second kappa shape index (κ2) is 4.36. The number of hydrogen-bond acceptors (Lipinski definition) is 5. The number of rotatable bonds is 3. The summed E-state index contributed by atoms with van der Waals surface area (Å²) in [5.41, 5.74) is 0. The van der Waals surface area contributed by atoms with Crippen molar-refractivity contribution in [1.82, 2.24) is 15.2 Å². The summed E-state index contributed by atoms with van der Waals surface area (Å²) in [6.45, 7) is 0. The van der Waals surface area contributed by atoms with Crippen LogP contribution in [-0.2, 0) is 0 Å². The van der Waals surface area contributed by atoms with Crippen LogP contribution in [0.3, 0.4) is 0 Å². The van der Waals surface area contributed by atoms with Crippen LogP contribution < -0.4 is 9.47 Å². The molecule has 15 heavy (non-hydrogen) atoms. The predicted octanol–water partition coefficient (Wildman–Crippen LogP) is 1.67. The van der Waals surface area contributed by atoms with Gasteiger partial charge in [-0.05, 0) is 6.07 Å². The maximum atomic E-state index is 5.36. The summed E-state index contributed by atoms with van der Waals surface area (Å²) in [6, 6.07) is 7.02. The molecule has 0 aromatic carbocycles. The third-order valence-corrected chi connectivity index (χ3v) is 1.69. The highest BCUT2D eigenvalue weighted by molar-refractivity contribution is 5.25. The molecule has 0 amide bonds. The Labute approximate surface area is 86.7 Å². The first kappa shape index (κ1) is 9.39. The van der Waals surface area contributed by atoms with Gasteiger partial charge in [0.05, 0.1) is 13.3 Å². The van der Waals surface area contributed by atoms with Gasteiger partial charge in [0.2, 0.25) is 11.8 Å². The van der Waals surface area contributed by atoms with E-state index in [1.54, 1.807) is 25.4 Å². The van der Waals surface area contributed by atoms with Gasteiger partial charge in [-0.25, -0.2) is 4.98 Å². The van der Waals surface area contributed by atoms with Gasteiger partial charge in [-0.15, -0.1) is 5.10 Å². The van der Waals surface area contributed by atoms with Crippen LogP contribution in [0.15, 0.2) is 36.7 Å². The molecule has 0 bridgehead atoms. The van der Waals surface area contributed by atoms with E-state index in [-0.39, 0.29) is 0 Å². The van der Waals surface area contributed by atoms with E-state index < -0.39 is 0 Å². The first-order valence-corrected chi connectivity index (χ1v) is 4.34. The zero-order valence-electron chi connectivity index (χ0n) is 8.12. The first-order valence-electron chi connectivity index (χ1n) is 4.34. The van der Waals surface area contributed by atoms with E-state index in [1.165, 1.54) is 6.20 Å². The highest BCUT2D eigenvalue weighted by Gasteiger charge is 2.01. The summed E-state index contributed by atoms with van der Waals surface area (Å²) in [6.07, 6.45) is 3.15. The molecule has 0 aliphatic rings. The first-order chi connectivity index (χ1) is 7.38. The molecule has 5 heteroatoms. The summed E-state index contributed by atoms with van der Waals surface area (Å²) in [5.74, 6) is 1.42. The van der Waals surface area contributed by atoms with Crippen molar-refractivity contribution in [2.24, 2.45) is 0 Å². The second-order valence-electron chi connectivity index (χ2n) is 2.70. The molecule has 0 fully saturated rings. The van der Waals surface area contributed by atoms with Gasteiger partial charge in [-0.1, -0.05) is 6.07 Å². The van der Waals surface area contributed by atoms with Crippen molar-refractivity contribution in [3.8, 4) is 17.5 Å². The highest BCUT2D eigenvalue weighted by Crippen LogP contribution is 2.19. The average molecular weight is 203 g/mol. The Bertz CT molecular complexity index is 434. The second-order valence-corrected chi connectivity index (χ2v) is 2.70. The largest absolute Gasteiger partial charge is 0.495 e. The van der Waals surface area contributed by atoms with Gasteiger partial charge in [0.15, 0.2) is 0 Å². The summed E-state index contributed by atoms with van der Waals surface area (Å²) >= 11 is 0. The SMILES string of the molecule is COc1cnnc(Oc2ccccn2)c1. The number of pyridine rings is 1. The maximum Gasteiger partial charge on any atom is 0.244 e. The lowest BCUT2D eigenvalue weighted by Gasteiger charge is -2.03. The Morgan fingerprint density at radius 2 is 2.13 bits per heavy atom. The predicted molar refractivity (Wildman–Crippen MR) is 52.9 cm³/mol. The lowest BCUT2D eigenvalue weighted by Crippen LogP contribution is -1.93. The van der Waals surface area contributed by atoms with Crippen molar-refractivity contribution in [1.29, 1.82) is 0 Å². The molecule has 0 saturated heterocycles. The van der Waals surface area contributed by atoms with E-state index in [4.69, 9.17) is 9.47 Å². The maximum absolute atomic E-state index is 5.36. The molecule has 0 spiro atoms. The van der Waals surface area contributed by atoms with E-state index in [1.807, 2.05) is 12.1 Å². The standard InChI is InChI=1S/C10H9N3O2/c1-14-8-6-10(13-12-7-8)15-9-4-2-3-5-11-9/h2-7H,1H3. The number of aromatic nitrogens is 3. The van der Waals surface area contributed by atoms with Gasteiger partial charge in [-0.3, -0.25) is 0 Å². The molecule has 0 aliphatic heterocycles. The number of methoxy groups -OCH3 is 1. The van der Waals surface area contributed by atoms with Gasteiger partial charge in [0.1, 0.15) is 5.75 Å². The van der Waals surface area contributed by atoms with Crippen molar-refractivity contribution in [3.05, 3.63) is 36.7 Å². The molecule has 2 rings (SSSR count). The Morgan fingerprint density at radius 3 is 2.87 bits per heavy atom. The zero-order chi connectivity index (χ0) is 10.5. The summed E-state index contributed by atoms with van der Waals surface area (Å²) in [5, 5.41) is 7.51. The Morgan fingerprint density at radius 1 is 1.20 bits per heavy atom. The van der Waals surface area contributed by atoms with Crippen LogP contribution in [0.2, 0.25) is 0 Å². The minimum Gasteiger partial charge on any atom is -0.495 e. The van der Waals surface area contributed by atoms with Gasteiger partial charge in [0.25, 0.3) is 0 Å². The zero-order valence-corrected chi connectivity index (χ0v) is 8.12. The van der Waals surface area contributed by atoms with E-state index in [9.17, 15) is 0 Å². The van der Waals surface area contributed by atoms with Crippen LogP contribution in [-0.4, -0.2) is 22.3 Å². The normalized spacial score (nSPS) is 9.67. The molecule has 2 heterocycles. The smallest absolute Gasteiger partial charge is 0.244 e. The number of nitrogens with zero attached hydrogens (tertiary/aromatic N) is 3. The number of hydrogen-bond donors (Lipinski definition) is 0. The summed E-state index contributed by atoms with van der Waals surface area (Å²) in [4.78, 5) is 4.00. The van der Waals surface area contributed by atoms with Crippen LogP contribution in [0.4, 0.5) is 0 Å². The van der Waals surface area contributed by atoms with Gasteiger partial charge < -0.3 is 9.47 Å². The molecule has 0 N–H and O–H groups in total. The molecular formula is C10H9N3O2. The topological polar surface area (TPSA) is 57.1 Å². The molecule has 0 unspecified atom stereocenters. The third-order valence-electron chi connectivity index (χ3n) is 1.69. The van der Waals surface area contributed by atoms with Crippen LogP contribution in [0.1, 0.15) is 0 Å². The molecular weight excluding hydrogens is 194 g/mol. The van der Waals surface area contributed by atoms with Crippen molar-refractivity contribution < 1.29 is 9.47 Å². The number of ether oxygens (including phenoxy) is 2. The fourth-order valence-electron chi connectivity index (χ4n) is 1.01. The van der Waals surface area contributed by atoms with E-state index in [0.29, 0.717) is 17.5 Å². The Kier molecular flexibility index (Phi) is 2.73. The van der Waals surface area contributed by atoms with Gasteiger partial charge >= 0.3 is 0 Å². The van der Waals surface area contributed by atoms with E-state index >= 15 is 0 Å². The third kappa shape index (κ3) is 2.40.